The van der Waals surface area contributed by atoms with Gasteiger partial charge in [0, 0.05) is 6.20 Å². The monoisotopic (exact) mass is 264 g/mol. The van der Waals surface area contributed by atoms with Gasteiger partial charge in [-0.1, -0.05) is 6.07 Å². The Morgan fingerprint density at radius 3 is 2.63 bits per heavy atom. The summed E-state index contributed by atoms with van der Waals surface area (Å²) in [5, 5.41) is 8.81. The summed E-state index contributed by atoms with van der Waals surface area (Å²) >= 11 is 0. The Kier molecular flexibility index (Phi) is 3.38. The number of alkyl halides is 3. The van der Waals surface area contributed by atoms with Gasteiger partial charge in [0.1, 0.15) is 11.8 Å². The van der Waals surface area contributed by atoms with Gasteiger partial charge in [-0.25, -0.2) is 4.98 Å². The van der Waals surface area contributed by atoms with Crippen LogP contribution in [0.1, 0.15) is 11.3 Å². The molecule has 0 fully saturated rings. The van der Waals surface area contributed by atoms with Crippen LogP contribution in [0.2, 0.25) is 0 Å². The number of nitrogens with zero attached hydrogens (tertiary/aromatic N) is 2. The van der Waals surface area contributed by atoms with Gasteiger partial charge in [-0.3, -0.25) is 0 Å². The molecule has 19 heavy (non-hydrogen) atoms. The highest BCUT2D eigenvalue weighted by Gasteiger charge is 2.30. The molecule has 0 radical (unpaired) electrons. The largest absolute Gasteiger partial charge is 0.454 e. The smallest absolute Gasteiger partial charge is 0.416 e. The first-order chi connectivity index (χ1) is 9.00. The number of rotatable bonds is 2. The average molecular weight is 264 g/mol. The number of benzene rings is 1. The quantitative estimate of drug-likeness (QED) is 0.829. The Hall–Kier alpha value is -2.55. The third-order valence-corrected chi connectivity index (χ3v) is 2.27. The van der Waals surface area contributed by atoms with E-state index in [1.54, 1.807) is 6.07 Å². The summed E-state index contributed by atoms with van der Waals surface area (Å²) < 4.78 is 42.8. The fraction of sp³-hybridized carbons (Fsp3) is 0.0769. The van der Waals surface area contributed by atoms with Crippen molar-refractivity contribution >= 4 is 0 Å². The molecular weight excluding hydrogens is 257 g/mol. The van der Waals surface area contributed by atoms with Crippen molar-refractivity contribution < 1.29 is 17.9 Å². The second-order valence-electron chi connectivity index (χ2n) is 3.59. The zero-order valence-corrected chi connectivity index (χ0v) is 9.48. The maximum absolute atomic E-state index is 12.5. The van der Waals surface area contributed by atoms with Gasteiger partial charge < -0.3 is 4.74 Å². The molecule has 0 amide bonds. The molecule has 0 N–H and O–H groups in total. The standard InChI is InChI=1S/C13H7F3N2O/c14-13(15,16)9-3-1-4-10(7-9)19-12-5-2-6-18-11(12)8-17/h1-7H. The normalized spacial score (nSPS) is 10.8. The molecule has 0 saturated carbocycles. The number of ether oxygens (including phenoxy) is 1. The Morgan fingerprint density at radius 1 is 1.16 bits per heavy atom. The van der Waals surface area contributed by atoms with Crippen LogP contribution in [0.5, 0.6) is 11.5 Å². The molecule has 1 aromatic heterocycles. The zero-order valence-electron chi connectivity index (χ0n) is 9.48. The van der Waals surface area contributed by atoms with Gasteiger partial charge in [0.25, 0.3) is 0 Å². The molecule has 2 aromatic rings. The molecule has 2 rings (SSSR count). The van der Waals surface area contributed by atoms with Crippen LogP contribution in [0.3, 0.4) is 0 Å². The van der Waals surface area contributed by atoms with Gasteiger partial charge >= 0.3 is 6.18 Å². The van der Waals surface area contributed by atoms with Crippen molar-refractivity contribution in [3.63, 3.8) is 0 Å². The molecule has 0 unspecified atom stereocenters. The van der Waals surface area contributed by atoms with E-state index in [4.69, 9.17) is 10.00 Å². The topological polar surface area (TPSA) is 45.9 Å². The van der Waals surface area contributed by atoms with Crippen LogP contribution in [0.25, 0.3) is 0 Å². The van der Waals surface area contributed by atoms with Crippen molar-refractivity contribution in [3.8, 4) is 17.6 Å². The molecule has 1 aromatic carbocycles. The second-order valence-corrected chi connectivity index (χ2v) is 3.59. The van der Waals surface area contributed by atoms with E-state index < -0.39 is 11.7 Å². The van der Waals surface area contributed by atoms with E-state index in [2.05, 4.69) is 4.98 Å². The highest BCUT2D eigenvalue weighted by atomic mass is 19.4. The van der Waals surface area contributed by atoms with Crippen molar-refractivity contribution in [3.05, 3.63) is 53.9 Å². The van der Waals surface area contributed by atoms with Crippen LogP contribution in [-0.4, -0.2) is 4.98 Å². The SMILES string of the molecule is N#Cc1ncccc1Oc1cccc(C(F)(F)F)c1. The summed E-state index contributed by atoms with van der Waals surface area (Å²) in [7, 11) is 0. The lowest BCUT2D eigenvalue weighted by atomic mass is 10.2. The highest BCUT2D eigenvalue weighted by Crippen LogP contribution is 2.32. The second kappa shape index (κ2) is 4.98. The molecule has 0 aliphatic carbocycles. The molecule has 1 heterocycles. The lowest BCUT2D eigenvalue weighted by molar-refractivity contribution is -0.137. The Bertz CT molecular complexity index is 632. The first-order valence-corrected chi connectivity index (χ1v) is 5.21. The average Bonchev–Trinajstić information content (AvgIpc) is 2.39. The molecule has 0 aliphatic rings. The molecule has 96 valence electrons. The van der Waals surface area contributed by atoms with E-state index >= 15 is 0 Å². The Morgan fingerprint density at radius 2 is 1.95 bits per heavy atom. The minimum absolute atomic E-state index is 0.000625. The van der Waals surface area contributed by atoms with E-state index in [1.165, 1.54) is 30.5 Å². The molecule has 0 spiro atoms. The predicted molar refractivity (Wildman–Crippen MR) is 60.5 cm³/mol. The van der Waals surface area contributed by atoms with Crippen molar-refractivity contribution in [2.75, 3.05) is 0 Å². The van der Waals surface area contributed by atoms with Crippen molar-refractivity contribution in [2.24, 2.45) is 0 Å². The first-order valence-electron chi connectivity index (χ1n) is 5.21. The molecule has 0 aliphatic heterocycles. The number of nitriles is 1. The fourth-order valence-electron chi connectivity index (χ4n) is 1.42. The summed E-state index contributed by atoms with van der Waals surface area (Å²) in [6.45, 7) is 0. The van der Waals surface area contributed by atoms with Crippen LogP contribution in [0.15, 0.2) is 42.6 Å². The van der Waals surface area contributed by atoms with Crippen LogP contribution in [-0.2, 0) is 6.18 Å². The minimum Gasteiger partial charge on any atom is -0.454 e. The number of hydrogen-bond donors (Lipinski definition) is 0. The third kappa shape index (κ3) is 3.01. The molecule has 0 atom stereocenters. The maximum atomic E-state index is 12.5. The summed E-state index contributed by atoms with van der Waals surface area (Å²) in [4.78, 5) is 3.76. The maximum Gasteiger partial charge on any atom is 0.416 e. The van der Waals surface area contributed by atoms with Gasteiger partial charge in [-0.15, -0.1) is 0 Å². The lowest BCUT2D eigenvalue weighted by Crippen LogP contribution is -2.04. The van der Waals surface area contributed by atoms with Crippen LogP contribution in [0.4, 0.5) is 13.2 Å². The van der Waals surface area contributed by atoms with Crippen molar-refractivity contribution in [2.45, 2.75) is 6.18 Å². The lowest BCUT2D eigenvalue weighted by Gasteiger charge is -2.10. The van der Waals surface area contributed by atoms with Gasteiger partial charge in [0.05, 0.1) is 5.56 Å². The van der Waals surface area contributed by atoms with Crippen LogP contribution >= 0.6 is 0 Å². The van der Waals surface area contributed by atoms with Crippen molar-refractivity contribution in [1.82, 2.24) is 4.98 Å². The van der Waals surface area contributed by atoms with Gasteiger partial charge in [0.2, 0.25) is 0 Å². The fourth-order valence-corrected chi connectivity index (χ4v) is 1.42. The third-order valence-electron chi connectivity index (χ3n) is 2.27. The first kappa shape index (κ1) is 12.9. The summed E-state index contributed by atoms with van der Waals surface area (Å²) in [6, 6.07) is 9.23. The number of halogens is 3. The summed E-state index contributed by atoms with van der Waals surface area (Å²) in [5.41, 5.74) is -0.799. The van der Waals surface area contributed by atoms with Crippen LogP contribution in [0, 0.1) is 11.3 Å². The molecule has 0 bridgehead atoms. The number of pyridine rings is 1. The highest BCUT2D eigenvalue weighted by molar-refractivity contribution is 5.41. The molecular formula is C13H7F3N2O. The summed E-state index contributed by atoms with van der Waals surface area (Å²) in [6.07, 6.45) is -3.04. The van der Waals surface area contributed by atoms with Gasteiger partial charge in [-0.05, 0) is 30.3 Å². The number of hydrogen-bond acceptors (Lipinski definition) is 3. The van der Waals surface area contributed by atoms with E-state index in [0.717, 1.165) is 12.1 Å². The van der Waals surface area contributed by atoms with E-state index in [1.807, 2.05) is 0 Å². The van der Waals surface area contributed by atoms with E-state index in [9.17, 15) is 13.2 Å². The minimum atomic E-state index is -4.44. The van der Waals surface area contributed by atoms with E-state index in [-0.39, 0.29) is 17.2 Å². The Labute approximate surface area is 106 Å². The van der Waals surface area contributed by atoms with Crippen LogP contribution < -0.4 is 4.74 Å². The van der Waals surface area contributed by atoms with Crippen molar-refractivity contribution in [1.29, 1.82) is 5.26 Å². The van der Waals surface area contributed by atoms with E-state index in [0.29, 0.717) is 0 Å². The number of aromatic nitrogens is 1. The zero-order chi connectivity index (χ0) is 13.9. The van der Waals surface area contributed by atoms with Gasteiger partial charge in [0.15, 0.2) is 11.4 Å². The molecule has 6 heteroatoms. The Balaban J connectivity index is 2.32. The van der Waals surface area contributed by atoms with Gasteiger partial charge in [-0.2, -0.15) is 18.4 Å². The molecule has 3 nitrogen and oxygen atoms in total. The summed E-state index contributed by atoms with van der Waals surface area (Å²) in [5.74, 6) is 0.114. The molecule has 0 saturated heterocycles. The predicted octanol–water partition coefficient (Wildman–Crippen LogP) is 3.76.